The molecule has 1 aromatic carbocycles. The Morgan fingerprint density at radius 3 is 2.85 bits per heavy atom. The normalized spacial score (nSPS) is 18.1. The summed E-state index contributed by atoms with van der Waals surface area (Å²) in [6.07, 6.45) is 2.93. The highest BCUT2D eigenvalue weighted by atomic mass is 32.2. The summed E-state index contributed by atoms with van der Waals surface area (Å²) >= 11 is 1.57. The van der Waals surface area contributed by atoms with Crippen molar-refractivity contribution >= 4 is 17.7 Å². The minimum atomic E-state index is 0.224. The zero-order valence-electron chi connectivity index (χ0n) is 12.2. The van der Waals surface area contributed by atoms with Crippen molar-refractivity contribution in [1.29, 1.82) is 0 Å². The minimum Gasteiger partial charge on any atom is -0.497 e. The van der Waals surface area contributed by atoms with E-state index in [1.807, 2.05) is 29.4 Å². The van der Waals surface area contributed by atoms with E-state index in [9.17, 15) is 4.79 Å². The number of benzene rings is 1. The molecule has 0 saturated carbocycles. The molecule has 4 nitrogen and oxygen atoms in total. The highest BCUT2D eigenvalue weighted by molar-refractivity contribution is 7.99. The fourth-order valence-corrected chi connectivity index (χ4v) is 3.04. The molecule has 0 spiro atoms. The molecule has 1 aliphatic rings. The third-order valence-electron chi connectivity index (χ3n) is 3.69. The quantitative estimate of drug-likeness (QED) is 0.836. The van der Waals surface area contributed by atoms with Crippen molar-refractivity contribution in [2.75, 3.05) is 39.3 Å². The minimum absolute atomic E-state index is 0.224. The van der Waals surface area contributed by atoms with Crippen molar-refractivity contribution in [2.45, 2.75) is 12.3 Å². The van der Waals surface area contributed by atoms with E-state index in [-0.39, 0.29) is 5.91 Å². The van der Waals surface area contributed by atoms with Crippen LogP contribution in [0.5, 0.6) is 11.5 Å². The van der Waals surface area contributed by atoms with Gasteiger partial charge < -0.3 is 14.4 Å². The number of likely N-dealkylation sites (tertiary alicyclic amines) is 1. The second kappa shape index (κ2) is 6.88. The van der Waals surface area contributed by atoms with Gasteiger partial charge in [-0.05, 0) is 30.9 Å². The predicted molar refractivity (Wildman–Crippen MR) is 81.9 cm³/mol. The topological polar surface area (TPSA) is 38.8 Å². The molecule has 0 radical (unpaired) electrons. The number of carbonyl (C=O) groups is 1. The average Bonchev–Trinajstić information content (AvgIpc) is 2.96. The molecule has 0 N–H and O–H groups in total. The Balaban J connectivity index is 2.14. The first-order valence-electron chi connectivity index (χ1n) is 6.68. The lowest BCUT2D eigenvalue weighted by Gasteiger charge is -2.18. The van der Waals surface area contributed by atoms with Gasteiger partial charge in [0.1, 0.15) is 11.5 Å². The van der Waals surface area contributed by atoms with Gasteiger partial charge in [0.2, 0.25) is 5.91 Å². The van der Waals surface area contributed by atoms with E-state index in [1.54, 1.807) is 26.0 Å². The van der Waals surface area contributed by atoms with Crippen LogP contribution < -0.4 is 9.47 Å². The summed E-state index contributed by atoms with van der Waals surface area (Å²) in [5, 5.41) is 0. The van der Waals surface area contributed by atoms with Crippen LogP contribution in [0.25, 0.3) is 0 Å². The molecule has 5 heteroatoms. The SMILES string of the molecule is COc1ccc(OC)c([C@H]2CCN(C(=O)CSC)C2)c1. The smallest absolute Gasteiger partial charge is 0.232 e. The summed E-state index contributed by atoms with van der Waals surface area (Å²) in [7, 11) is 3.34. The molecule has 1 fully saturated rings. The predicted octanol–water partition coefficient (Wildman–Crippen LogP) is 2.38. The fraction of sp³-hybridized carbons (Fsp3) is 0.533. The Kier molecular flexibility index (Phi) is 5.17. The number of hydrogen-bond acceptors (Lipinski definition) is 4. The summed E-state index contributed by atoms with van der Waals surface area (Å²) in [5.74, 6) is 2.81. The van der Waals surface area contributed by atoms with E-state index < -0.39 is 0 Å². The largest absolute Gasteiger partial charge is 0.497 e. The first-order chi connectivity index (χ1) is 9.69. The van der Waals surface area contributed by atoms with Gasteiger partial charge in [-0.15, -0.1) is 0 Å². The van der Waals surface area contributed by atoms with E-state index in [0.717, 1.165) is 36.6 Å². The number of nitrogens with zero attached hydrogens (tertiary/aromatic N) is 1. The molecule has 1 amide bonds. The molecule has 0 unspecified atom stereocenters. The number of rotatable bonds is 5. The maximum Gasteiger partial charge on any atom is 0.232 e. The van der Waals surface area contributed by atoms with E-state index in [4.69, 9.17) is 9.47 Å². The van der Waals surface area contributed by atoms with Crippen molar-refractivity contribution in [1.82, 2.24) is 4.90 Å². The van der Waals surface area contributed by atoms with Crippen LogP contribution in [0.15, 0.2) is 18.2 Å². The number of amides is 1. The zero-order chi connectivity index (χ0) is 14.5. The number of ether oxygens (including phenoxy) is 2. The van der Waals surface area contributed by atoms with Crippen molar-refractivity contribution < 1.29 is 14.3 Å². The molecule has 2 rings (SSSR count). The van der Waals surface area contributed by atoms with Crippen LogP contribution in [0.4, 0.5) is 0 Å². The second-order valence-corrected chi connectivity index (χ2v) is 5.73. The van der Waals surface area contributed by atoms with Crippen LogP contribution in [-0.2, 0) is 4.79 Å². The summed E-state index contributed by atoms with van der Waals surface area (Å²) < 4.78 is 10.7. The second-order valence-electron chi connectivity index (χ2n) is 4.87. The van der Waals surface area contributed by atoms with Gasteiger partial charge in [0.25, 0.3) is 0 Å². The lowest BCUT2D eigenvalue weighted by atomic mass is 9.97. The monoisotopic (exact) mass is 295 g/mol. The Labute approximate surface area is 124 Å². The maximum atomic E-state index is 11.9. The summed E-state index contributed by atoms with van der Waals surface area (Å²) in [6.45, 7) is 1.59. The molecular weight excluding hydrogens is 274 g/mol. The van der Waals surface area contributed by atoms with Crippen molar-refractivity contribution in [3.8, 4) is 11.5 Å². The highest BCUT2D eigenvalue weighted by Crippen LogP contribution is 2.36. The molecule has 0 aromatic heterocycles. The first kappa shape index (κ1) is 15.0. The van der Waals surface area contributed by atoms with Crippen LogP contribution in [-0.4, -0.2) is 50.1 Å². The Bertz CT molecular complexity index is 478. The van der Waals surface area contributed by atoms with E-state index in [0.29, 0.717) is 11.7 Å². The van der Waals surface area contributed by atoms with E-state index >= 15 is 0 Å². The van der Waals surface area contributed by atoms with Crippen molar-refractivity contribution in [3.05, 3.63) is 23.8 Å². The van der Waals surface area contributed by atoms with Gasteiger partial charge in [-0.2, -0.15) is 11.8 Å². The number of thioether (sulfide) groups is 1. The van der Waals surface area contributed by atoms with Crippen LogP contribution in [0.1, 0.15) is 17.9 Å². The average molecular weight is 295 g/mol. The lowest BCUT2D eigenvalue weighted by Crippen LogP contribution is -2.29. The molecule has 0 bridgehead atoms. The summed E-state index contributed by atoms with van der Waals surface area (Å²) in [4.78, 5) is 13.9. The van der Waals surface area contributed by atoms with Crippen LogP contribution in [0, 0.1) is 0 Å². The van der Waals surface area contributed by atoms with Gasteiger partial charge in [-0.3, -0.25) is 4.79 Å². The summed E-state index contributed by atoms with van der Waals surface area (Å²) in [6, 6.07) is 5.85. The van der Waals surface area contributed by atoms with E-state index in [2.05, 4.69) is 0 Å². The van der Waals surface area contributed by atoms with Crippen LogP contribution >= 0.6 is 11.8 Å². The van der Waals surface area contributed by atoms with Gasteiger partial charge in [-0.1, -0.05) is 0 Å². The van der Waals surface area contributed by atoms with Crippen molar-refractivity contribution in [3.63, 3.8) is 0 Å². The molecule has 0 aliphatic carbocycles. The Morgan fingerprint density at radius 2 is 2.20 bits per heavy atom. The van der Waals surface area contributed by atoms with E-state index in [1.165, 1.54) is 0 Å². The number of hydrogen-bond donors (Lipinski definition) is 0. The van der Waals surface area contributed by atoms with Crippen LogP contribution in [0.3, 0.4) is 0 Å². The number of carbonyl (C=O) groups excluding carboxylic acids is 1. The fourth-order valence-electron chi connectivity index (χ4n) is 2.61. The Hall–Kier alpha value is -1.36. The molecule has 1 aromatic rings. The number of methoxy groups -OCH3 is 2. The van der Waals surface area contributed by atoms with Crippen molar-refractivity contribution in [2.24, 2.45) is 0 Å². The van der Waals surface area contributed by atoms with Gasteiger partial charge in [0.05, 0.1) is 20.0 Å². The molecule has 1 atom stereocenters. The standard InChI is InChI=1S/C15H21NO3S/c1-18-12-4-5-14(19-2)13(8-12)11-6-7-16(9-11)15(17)10-20-3/h4-5,8,11H,6-7,9-10H2,1-3H3/t11-/m0/s1. The third kappa shape index (κ3) is 3.20. The molecule has 1 aliphatic heterocycles. The third-order valence-corrected chi connectivity index (χ3v) is 4.22. The molecule has 1 heterocycles. The zero-order valence-corrected chi connectivity index (χ0v) is 13.0. The molecular formula is C15H21NO3S. The first-order valence-corrected chi connectivity index (χ1v) is 8.07. The molecule has 20 heavy (non-hydrogen) atoms. The highest BCUT2D eigenvalue weighted by Gasteiger charge is 2.29. The lowest BCUT2D eigenvalue weighted by molar-refractivity contribution is -0.127. The molecule has 1 saturated heterocycles. The summed E-state index contributed by atoms with van der Waals surface area (Å²) in [5.41, 5.74) is 1.13. The molecule has 110 valence electrons. The van der Waals surface area contributed by atoms with Crippen LogP contribution in [0.2, 0.25) is 0 Å². The maximum absolute atomic E-state index is 11.9. The van der Waals surface area contributed by atoms with Gasteiger partial charge in [0, 0.05) is 24.6 Å². The van der Waals surface area contributed by atoms with Gasteiger partial charge in [-0.25, -0.2) is 0 Å². The Morgan fingerprint density at radius 1 is 1.40 bits per heavy atom. The van der Waals surface area contributed by atoms with Gasteiger partial charge in [0.15, 0.2) is 0 Å². The van der Waals surface area contributed by atoms with Gasteiger partial charge >= 0.3 is 0 Å².